The molecule has 21 heavy (non-hydrogen) atoms. The molecule has 1 aromatic heterocycles. The van der Waals surface area contributed by atoms with Crippen molar-refractivity contribution in [2.24, 2.45) is 0 Å². The van der Waals surface area contributed by atoms with Gasteiger partial charge in [0, 0.05) is 11.4 Å². The average Bonchev–Trinajstić information content (AvgIpc) is 2.37. The predicted molar refractivity (Wildman–Crippen MR) is 71.3 cm³/mol. The summed E-state index contributed by atoms with van der Waals surface area (Å²) in [5.74, 6) is -0.828. The molecule has 0 spiro atoms. The highest BCUT2D eigenvalue weighted by Gasteiger charge is 2.27. The maximum Gasteiger partial charge on any atom is 0.389 e. The Morgan fingerprint density at radius 1 is 1.24 bits per heavy atom. The van der Waals surface area contributed by atoms with E-state index >= 15 is 0 Å². The number of aromatic nitrogens is 2. The van der Waals surface area contributed by atoms with Crippen molar-refractivity contribution in [3.05, 3.63) is 45.5 Å². The lowest BCUT2D eigenvalue weighted by atomic mass is 10.1. The lowest BCUT2D eigenvalue weighted by molar-refractivity contribution is -0.134. The summed E-state index contributed by atoms with van der Waals surface area (Å²) in [4.78, 5) is 17.7. The van der Waals surface area contributed by atoms with Crippen molar-refractivity contribution >= 4 is 11.6 Å². The third-order valence-corrected chi connectivity index (χ3v) is 2.98. The summed E-state index contributed by atoms with van der Waals surface area (Å²) in [6, 6.07) is 6.05. The van der Waals surface area contributed by atoms with Crippen LogP contribution in [0.4, 0.5) is 13.2 Å². The minimum Gasteiger partial charge on any atom is -0.493 e. The Morgan fingerprint density at radius 3 is 2.38 bits per heavy atom. The fourth-order valence-corrected chi connectivity index (χ4v) is 1.89. The second kappa shape index (κ2) is 5.77. The molecule has 0 bridgehead atoms. The Balaban J connectivity index is 2.34. The van der Waals surface area contributed by atoms with Gasteiger partial charge in [-0.15, -0.1) is 0 Å². The highest BCUT2D eigenvalue weighted by atomic mass is 35.5. The van der Waals surface area contributed by atoms with Gasteiger partial charge in [0.05, 0.1) is 6.42 Å². The van der Waals surface area contributed by atoms with Gasteiger partial charge in [-0.05, 0) is 17.7 Å². The normalized spacial score (nSPS) is 11.6. The summed E-state index contributed by atoms with van der Waals surface area (Å²) in [6.07, 6.45) is -5.99. The number of nitrogens with zero attached hydrogens (tertiary/aromatic N) is 1. The lowest BCUT2D eigenvalue weighted by Crippen LogP contribution is -2.16. The van der Waals surface area contributed by atoms with Crippen LogP contribution < -0.4 is 5.56 Å². The van der Waals surface area contributed by atoms with Gasteiger partial charge in [0.15, 0.2) is 0 Å². The topological polar surface area (TPSA) is 66.0 Å². The zero-order chi connectivity index (χ0) is 15.6. The van der Waals surface area contributed by atoms with Crippen LogP contribution in [0.3, 0.4) is 0 Å². The minimum atomic E-state index is -4.36. The van der Waals surface area contributed by atoms with Gasteiger partial charge in [0.1, 0.15) is 11.4 Å². The first-order valence-corrected chi connectivity index (χ1v) is 6.29. The molecule has 1 aromatic carbocycles. The van der Waals surface area contributed by atoms with Crippen molar-refractivity contribution in [2.75, 3.05) is 0 Å². The molecule has 0 fully saturated rings. The Bertz CT molecular complexity index is 696. The number of alkyl halides is 3. The number of hydrogen-bond donors (Lipinski definition) is 2. The average molecular weight is 319 g/mol. The first-order valence-electron chi connectivity index (χ1n) is 5.91. The van der Waals surface area contributed by atoms with E-state index in [0.29, 0.717) is 10.6 Å². The highest BCUT2D eigenvalue weighted by Crippen LogP contribution is 2.26. The molecular formula is C13H10ClF3N2O2. The van der Waals surface area contributed by atoms with E-state index < -0.39 is 30.5 Å². The van der Waals surface area contributed by atoms with Crippen LogP contribution >= 0.6 is 11.6 Å². The van der Waals surface area contributed by atoms with Crippen LogP contribution in [0.2, 0.25) is 5.02 Å². The molecule has 1 heterocycles. The molecule has 0 atom stereocenters. The molecule has 0 aliphatic carbocycles. The van der Waals surface area contributed by atoms with Gasteiger partial charge < -0.3 is 10.1 Å². The van der Waals surface area contributed by atoms with Crippen molar-refractivity contribution in [2.45, 2.75) is 19.0 Å². The van der Waals surface area contributed by atoms with Gasteiger partial charge in [-0.3, -0.25) is 4.79 Å². The first kappa shape index (κ1) is 15.4. The Labute approximate surface area is 122 Å². The molecule has 8 heteroatoms. The molecule has 4 nitrogen and oxygen atoms in total. The molecule has 0 saturated heterocycles. The maximum atomic E-state index is 12.1. The number of aryl methyl sites for hydroxylation is 1. The predicted octanol–water partition coefficient (Wildman–Crippen LogP) is 3.29. The van der Waals surface area contributed by atoms with Crippen molar-refractivity contribution in [1.29, 1.82) is 0 Å². The van der Waals surface area contributed by atoms with E-state index in [0.717, 1.165) is 0 Å². The van der Waals surface area contributed by atoms with Crippen LogP contribution in [0.15, 0.2) is 29.1 Å². The van der Waals surface area contributed by atoms with E-state index in [1.165, 1.54) is 24.3 Å². The summed E-state index contributed by atoms with van der Waals surface area (Å²) in [6.45, 7) is 0. The fraction of sp³-hybridized carbons (Fsp3) is 0.231. The second-order valence-electron chi connectivity index (χ2n) is 4.33. The standard InChI is InChI=1S/C13H10ClF3N2O2/c14-8-3-1-7(2-4-8)10-11(20)18-9(19-12(10)21)5-6-13(15,16)17/h1-4H,5-6H2,(H2,18,19,20,21). The summed E-state index contributed by atoms with van der Waals surface area (Å²) < 4.78 is 36.4. The van der Waals surface area contributed by atoms with E-state index in [1.54, 1.807) is 0 Å². The number of aromatic amines is 1. The van der Waals surface area contributed by atoms with E-state index in [-0.39, 0.29) is 11.4 Å². The van der Waals surface area contributed by atoms with Crippen LogP contribution in [0.5, 0.6) is 5.88 Å². The number of hydrogen-bond acceptors (Lipinski definition) is 3. The van der Waals surface area contributed by atoms with Crippen LogP contribution in [-0.2, 0) is 6.42 Å². The molecule has 2 rings (SSSR count). The van der Waals surface area contributed by atoms with E-state index in [9.17, 15) is 23.1 Å². The molecule has 0 saturated carbocycles. The quantitative estimate of drug-likeness (QED) is 0.912. The second-order valence-corrected chi connectivity index (χ2v) is 4.77. The van der Waals surface area contributed by atoms with Gasteiger partial charge in [-0.25, -0.2) is 0 Å². The van der Waals surface area contributed by atoms with Crippen LogP contribution in [0.25, 0.3) is 11.1 Å². The number of aromatic hydroxyl groups is 1. The SMILES string of the molecule is O=c1[nH]c(CCC(F)(F)F)nc(O)c1-c1ccc(Cl)cc1. The largest absolute Gasteiger partial charge is 0.493 e. The molecule has 0 amide bonds. The molecule has 112 valence electrons. The first-order chi connectivity index (χ1) is 9.76. The van der Waals surface area contributed by atoms with Crippen LogP contribution in [-0.4, -0.2) is 21.3 Å². The molecular weight excluding hydrogens is 309 g/mol. The molecule has 0 aliphatic heterocycles. The van der Waals surface area contributed by atoms with Crippen LogP contribution in [0.1, 0.15) is 12.2 Å². The van der Waals surface area contributed by atoms with Gasteiger partial charge in [-0.1, -0.05) is 23.7 Å². The minimum absolute atomic E-state index is 0.109. The third-order valence-electron chi connectivity index (χ3n) is 2.73. The monoisotopic (exact) mass is 318 g/mol. The number of rotatable bonds is 3. The van der Waals surface area contributed by atoms with Crippen molar-refractivity contribution < 1.29 is 18.3 Å². The van der Waals surface area contributed by atoms with E-state index in [1.807, 2.05) is 0 Å². The molecule has 0 radical (unpaired) electrons. The third kappa shape index (κ3) is 3.98. The van der Waals surface area contributed by atoms with Gasteiger partial charge in [-0.2, -0.15) is 18.2 Å². The zero-order valence-corrected chi connectivity index (χ0v) is 11.3. The summed E-state index contributed by atoms with van der Waals surface area (Å²) in [5, 5.41) is 10.2. The number of H-pyrrole nitrogens is 1. The maximum absolute atomic E-state index is 12.1. The van der Waals surface area contributed by atoms with E-state index in [2.05, 4.69) is 9.97 Å². The smallest absolute Gasteiger partial charge is 0.389 e. The fourth-order valence-electron chi connectivity index (χ4n) is 1.76. The van der Waals surface area contributed by atoms with Crippen molar-refractivity contribution in [3.63, 3.8) is 0 Å². The summed E-state index contributed by atoms with van der Waals surface area (Å²) >= 11 is 5.72. The zero-order valence-electron chi connectivity index (χ0n) is 10.5. The van der Waals surface area contributed by atoms with Crippen molar-refractivity contribution in [1.82, 2.24) is 9.97 Å². The molecule has 2 aromatic rings. The van der Waals surface area contributed by atoms with Gasteiger partial charge in [0.2, 0.25) is 5.88 Å². The molecule has 0 unspecified atom stereocenters. The lowest BCUT2D eigenvalue weighted by Gasteiger charge is -2.08. The van der Waals surface area contributed by atoms with Crippen LogP contribution in [0, 0.1) is 0 Å². The van der Waals surface area contributed by atoms with Crippen molar-refractivity contribution in [3.8, 4) is 17.0 Å². The Kier molecular flexibility index (Phi) is 4.22. The summed E-state index contributed by atoms with van der Waals surface area (Å²) in [5.41, 5.74) is -0.447. The molecule has 2 N–H and O–H groups in total. The highest BCUT2D eigenvalue weighted by molar-refractivity contribution is 6.30. The number of halogens is 4. The van der Waals surface area contributed by atoms with E-state index in [4.69, 9.17) is 11.6 Å². The number of benzene rings is 1. The number of nitrogens with one attached hydrogen (secondary N) is 1. The van der Waals surface area contributed by atoms with Gasteiger partial charge >= 0.3 is 6.18 Å². The molecule has 0 aliphatic rings. The Morgan fingerprint density at radius 2 is 1.86 bits per heavy atom. The van der Waals surface area contributed by atoms with Gasteiger partial charge in [0.25, 0.3) is 5.56 Å². The summed E-state index contributed by atoms with van der Waals surface area (Å²) in [7, 11) is 0. The Hall–Kier alpha value is -2.02.